The van der Waals surface area contributed by atoms with Gasteiger partial charge in [0.1, 0.15) is 6.54 Å². The summed E-state index contributed by atoms with van der Waals surface area (Å²) in [6.45, 7) is 0.502. The van der Waals surface area contributed by atoms with Crippen LogP contribution in [0.25, 0.3) is 21.5 Å². The Balaban J connectivity index is 0.00000176. The lowest BCUT2D eigenvalue weighted by atomic mass is 9.95. The summed E-state index contributed by atoms with van der Waals surface area (Å²) in [6, 6.07) is 18.5. The minimum absolute atomic E-state index is 0. The van der Waals surface area contributed by atoms with Crippen LogP contribution in [-0.4, -0.2) is 38.0 Å². The topological polar surface area (TPSA) is 17.1 Å². The van der Waals surface area contributed by atoms with E-state index < -0.39 is 0 Å². The first-order valence-electron chi connectivity index (χ1n) is 7.20. The Morgan fingerprint density at radius 3 is 2.05 bits per heavy atom. The van der Waals surface area contributed by atoms with Gasteiger partial charge in [-0.3, -0.25) is 4.79 Å². The third-order valence-electron chi connectivity index (χ3n) is 3.69. The number of carbonyl (C=O) groups is 1. The lowest BCUT2D eigenvalue weighted by molar-refractivity contribution is -0.861. The second-order valence-corrected chi connectivity index (χ2v) is 6.56. The molecule has 0 heterocycles. The van der Waals surface area contributed by atoms with Crippen molar-refractivity contribution in [3.63, 3.8) is 0 Å². The number of halogens is 1. The molecule has 0 bridgehead atoms. The third kappa shape index (κ3) is 3.21. The zero-order valence-corrected chi connectivity index (χ0v) is 14.7. The molecule has 0 aliphatic carbocycles. The van der Waals surface area contributed by atoms with Crippen molar-refractivity contribution < 1.29 is 26.3 Å². The Hall–Kier alpha value is -1.71. The van der Waals surface area contributed by atoms with Gasteiger partial charge in [0.05, 0.1) is 21.1 Å². The summed E-state index contributed by atoms with van der Waals surface area (Å²) < 4.78 is 0.639. The molecule has 0 saturated heterocycles. The van der Waals surface area contributed by atoms with E-state index >= 15 is 0 Å². The first kappa shape index (κ1) is 16.7. The average molecular weight is 358 g/mol. The Kier molecular flexibility index (Phi) is 4.69. The van der Waals surface area contributed by atoms with E-state index in [0.29, 0.717) is 11.0 Å². The minimum atomic E-state index is 0. The normalized spacial score (nSPS) is 11.4. The fourth-order valence-corrected chi connectivity index (χ4v) is 2.80. The molecule has 0 spiro atoms. The average Bonchev–Trinajstić information content (AvgIpc) is 2.44. The Morgan fingerprint density at radius 2 is 1.41 bits per heavy atom. The Bertz CT molecular complexity index is 834. The predicted molar refractivity (Wildman–Crippen MR) is 88.7 cm³/mol. The van der Waals surface area contributed by atoms with E-state index in [1.54, 1.807) is 0 Å². The molecule has 0 amide bonds. The molecule has 3 rings (SSSR count). The van der Waals surface area contributed by atoms with E-state index in [2.05, 4.69) is 18.2 Å². The zero-order chi connectivity index (χ0) is 15.0. The van der Waals surface area contributed by atoms with Gasteiger partial charge in [0.2, 0.25) is 5.78 Å². The molecule has 0 radical (unpaired) electrons. The number of hydrogen-bond acceptors (Lipinski definition) is 1. The second kappa shape index (κ2) is 6.19. The highest BCUT2D eigenvalue weighted by Crippen LogP contribution is 2.29. The number of fused-ring (bicyclic) bond motifs is 3. The van der Waals surface area contributed by atoms with Crippen LogP contribution in [0.1, 0.15) is 10.4 Å². The van der Waals surface area contributed by atoms with E-state index in [-0.39, 0.29) is 22.8 Å². The standard InChI is InChI=1S/C19H20NO.BrH/c1-20(2,3)13-19(21)18-12-14-8-4-5-9-15(14)16-10-6-7-11-17(16)18;/h4-12H,13H2,1-3H3;1H/q+1;/p-1. The van der Waals surface area contributed by atoms with E-state index in [0.717, 1.165) is 21.7 Å². The smallest absolute Gasteiger partial charge is 0.217 e. The highest BCUT2D eigenvalue weighted by molar-refractivity contribution is 6.17. The van der Waals surface area contributed by atoms with E-state index in [1.165, 1.54) is 5.39 Å². The summed E-state index contributed by atoms with van der Waals surface area (Å²) in [5, 5.41) is 4.53. The molecule has 0 fully saturated rings. The van der Waals surface area contributed by atoms with Gasteiger partial charge < -0.3 is 21.5 Å². The lowest BCUT2D eigenvalue weighted by Gasteiger charge is -2.23. The molecular weight excluding hydrogens is 338 g/mol. The monoisotopic (exact) mass is 357 g/mol. The molecular formula is C19H20BrNO. The number of rotatable bonds is 3. The molecule has 3 heteroatoms. The number of Topliss-reactive ketones (excluding diaryl/α,β-unsaturated/α-hetero) is 1. The van der Waals surface area contributed by atoms with Crippen molar-refractivity contribution in [1.29, 1.82) is 0 Å². The van der Waals surface area contributed by atoms with Gasteiger partial charge in [-0.05, 0) is 27.6 Å². The fraction of sp³-hybridized carbons (Fsp3) is 0.211. The number of benzene rings is 3. The molecule has 0 aliphatic heterocycles. The number of carbonyl (C=O) groups excluding carboxylic acids is 1. The molecule has 22 heavy (non-hydrogen) atoms. The van der Waals surface area contributed by atoms with Crippen LogP contribution in [-0.2, 0) is 0 Å². The maximum Gasteiger partial charge on any atom is 0.217 e. The number of hydrogen-bond donors (Lipinski definition) is 0. The summed E-state index contributed by atoms with van der Waals surface area (Å²) in [6.07, 6.45) is 0. The predicted octanol–water partition coefficient (Wildman–Crippen LogP) is 0.886. The van der Waals surface area contributed by atoms with Crippen LogP contribution in [0, 0.1) is 0 Å². The molecule has 0 N–H and O–H groups in total. The van der Waals surface area contributed by atoms with Crippen molar-refractivity contribution in [2.24, 2.45) is 0 Å². The van der Waals surface area contributed by atoms with Gasteiger partial charge >= 0.3 is 0 Å². The van der Waals surface area contributed by atoms with E-state index in [4.69, 9.17) is 0 Å². The first-order chi connectivity index (χ1) is 9.96. The summed E-state index contributed by atoms with van der Waals surface area (Å²) in [7, 11) is 6.13. The molecule has 0 atom stereocenters. The van der Waals surface area contributed by atoms with Crippen LogP contribution in [0.3, 0.4) is 0 Å². The van der Waals surface area contributed by atoms with E-state index in [9.17, 15) is 4.79 Å². The third-order valence-corrected chi connectivity index (χ3v) is 3.69. The van der Waals surface area contributed by atoms with Crippen molar-refractivity contribution in [3.8, 4) is 0 Å². The number of quaternary nitrogens is 1. The number of nitrogens with zero attached hydrogens (tertiary/aromatic N) is 1. The largest absolute Gasteiger partial charge is 1.00 e. The van der Waals surface area contributed by atoms with Crippen molar-refractivity contribution in [2.75, 3.05) is 27.7 Å². The minimum Gasteiger partial charge on any atom is -1.00 e. The molecule has 0 unspecified atom stereocenters. The van der Waals surface area contributed by atoms with Gasteiger partial charge in [-0.25, -0.2) is 0 Å². The van der Waals surface area contributed by atoms with Crippen molar-refractivity contribution in [3.05, 3.63) is 60.2 Å². The Morgan fingerprint density at radius 1 is 0.864 bits per heavy atom. The van der Waals surface area contributed by atoms with Gasteiger partial charge in [0.25, 0.3) is 0 Å². The van der Waals surface area contributed by atoms with Crippen LogP contribution in [0.4, 0.5) is 0 Å². The summed E-state index contributed by atoms with van der Waals surface area (Å²) in [4.78, 5) is 12.7. The van der Waals surface area contributed by atoms with Gasteiger partial charge in [0, 0.05) is 5.56 Å². The maximum atomic E-state index is 12.7. The molecule has 2 nitrogen and oxygen atoms in total. The highest BCUT2D eigenvalue weighted by atomic mass is 79.9. The molecule has 0 aromatic heterocycles. The first-order valence-corrected chi connectivity index (χ1v) is 7.20. The van der Waals surface area contributed by atoms with E-state index in [1.807, 2.05) is 57.5 Å². The maximum absolute atomic E-state index is 12.7. The zero-order valence-electron chi connectivity index (χ0n) is 13.1. The van der Waals surface area contributed by atoms with Crippen LogP contribution < -0.4 is 17.0 Å². The second-order valence-electron chi connectivity index (χ2n) is 6.56. The molecule has 3 aromatic rings. The van der Waals surface area contributed by atoms with Gasteiger partial charge in [-0.15, -0.1) is 0 Å². The number of ketones is 1. The molecule has 0 aliphatic rings. The summed E-state index contributed by atoms with van der Waals surface area (Å²) in [5.74, 6) is 0.199. The number of likely N-dealkylation sites (N-methyl/N-ethyl adjacent to an activating group) is 1. The van der Waals surface area contributed by atoms with Crippen LogP contribution in [0.2, 0.25) is 0 Å². The Labute approximate surface area is 141 Å². The lowest BCUT2D eigenvalue weighted by Crippen LogP contribution is -3.00. The van der Waals surface area contributed by atoms with Crippen LogP contribution in [0.5, 0.6) is 0 Å². The van der Waals surface area contributed by atoms with Crippen LogP contribution in [0.15, 0.2) is 54.6 Å². The van der Waals surface area contributed by atoms with Crippen molar-refractivity contribution in [1.82, 2.24) is 0 Å². The SMILES string of the molecule is C[N+](C)(C)CC(=O)c1cc2ccccc2c2ccccc12.[Br-]. The van der Waals surface area contributed by atoms with Crippen molar-refractivity contribution in [2.45, 2.75) is 0 Å². The van der Waals surface area contributed by atoms with Crippen molar-refractivity contribution >= 4 is 27.3 Å². The summed E-state index contributed by atoms with van der Waals surface area (Å²) in [5.41, 5.74) is 0.831. The quantitative estimate of drug-likeness (QED) is 0.386. The highest BCUT2D eigenvalue weighted by Gasteiger charge is 2.19. The fourth-order valence-electron chi connectivity index (χ4n) is 2.80. The molecule has 3 aromatic carbocycles. The van der Waals surface area contributed by atoms with Crippen LogP contribution >= 0.6 is 0 Å². The molecule has 114 valence electrons. The van der Waals surface area contributed by atoms with Gasteiger partial charge in [0.15, 0.2) is 0 Å². The summed E-state index contributed by atoms with van der Waals surface area (Å²) >= 11 is 0. The van der Waals surface area contributed by atoms with Gasteiger partial charge in [-0.2, -0.15) is 0 Å². The molecule has 0 saturated carbocycles. The van der Waals surface area contributed by atoms with Gasteiger partial charge in [-0.1, -0.05) is 48.5 Å².